The summed E-state index contributed by atoms with van der Waals surface area (Å²) in [5, 5.41) is 3.75. The summed E-state index contributed by atoms with van der Waals surface area (Å²) in [7, 11) is -3.49. The number of benzene rings is 2. The van der Waals surface area contributed by atoms with Crippen molar-refractivity contribution >= 4 is 44.8 Å². The SMILES string of the molecule is CS(=O)(=O)N1CCC(C(=O)NCc2ccc(Cl)cc2Cl)Oc2ccccc21. The number of carbonyl (C=O) groups excluding carboxylic acids is 1. The molecule has 1 amide bonds. The first-order valence-electron chi connectivity index (χ1n) is 8.21. The molecule has 2 aromatic rings. The van der Waals surface area contributed by atoms with Gasteiger partial charge in [-0.25, -0.2) is 8.42 Å². The number of ether oxygens (including phenoxy) is 1. The van der Waals surface area contributed by atoms with Gasteiger partial charge in [-0.15, -0.1) is 0 Å². The van der Waals surface area contributed by atoms with Crippen molar-refractivity contribution < 1.29 is 17.9 Å². The number of hydrogen-bond donors (Lipinski definition) is 1. The number of rotatable bonds is 4. The van der Waals surface area contributed by atoms with Crippen LogP contribution in [0.4, 0.5) is 5.69 Å². The van der Waals surface area contributed by atoms with E-state index in [9.17, 15) is 13.2 Å². The van der Waals surface area contributed by atoms with Crippen LogP contribution >= 0.6 is 23.2 Å². The predicted octanol–water partition coefficient (Wildman–Crippen LogP) is 3.23. The fourth-order valence-electron chi connectivity index (χ4n) is 2.82. The van der Waals surface area contributed by atoms with Gasteiger partial charge in [0.2, 0.25) is 10.0 Å². The summed E-state index contributed by atoms with van der Waals surface area (Å²) in [5.41, 5.74) is 1.15. The average molecular weight is 429 g/mol. The second-order valence-electron chi connectivity index (χ2n) is 6.15. The van der Waals surface area contributed by atoms with Crippen molar-refractivity contribution in [3.05, 3.63) is 58.1 Å². The zero-order valence-corrected chi connectivity index (χ0v) is 16.8. The van der Waals surface area contributed by atoms with E-state index in [0.717, 1.165) is 11.8 Å². The standard InChI is InChI=1S/C18H18Cl2N2O4S/c1-27(24,25)22-9-8-17(26-16-5-3-2-4-15(16)22)18(23)21-11-12-6-7-13(19)10-14(12)20/h2-7,10,17H,8-9,11H2,1H3,(H,21,23). The van der Waals surface area contributed by atoms with Crippen molar-refractivity contribution in [2.75, 3.05) is 17.1 Å². The molecule has 1 N–H and O–H groups in total. The van der Waals surface area contributed by atoms with Gasteiger partial charge in [-0.3, -0.25) is 9.10 Å². The molecule has 9 heteroatoms. The monoisotopic (exact) mass is 428 g/mol. The van der Waals surface area contributed by atoms with Crippen molar-refractivity contribution in [1.29, 1.82) is 0 Å². The normalized spacial score (nSPS) is 16.9. The summed E-state index contributed by atoms with van der Waals surface area (Å²) in [5.74, 6) is 0.0104. The molecule has 0 saturated carbocycles. The van der Waals surface area contributed by atoms with Crippen LogP contribution in [-0.2, 0) is 21.4 Å². The van der Waals surface area contributed by atoms with Crippen molar-refractivity contribution in [1.82, 2.24) is 5.32 Å². The summed E-state index contributed by atoms with van der Waals surface area (Å²) in [6, 6.07) is 11.8. The molecule has 1 aliphatic rings. The summed E-state index contributed by atoms with van der Waals surface area (Å²) in [6.45, 7) is 0.363. The molecule has 1 atom stereocenters. The molecule has 6 nitrogen and oxygen atoms in total. The molecular weight excluding hydrogens is 411 g/mol. The molecule has 1 aliphatic heterocycles. The molecule has 144 valence electrons. The lowest BCUT2D eigenvalue weighted by Crippen LogP contribution is -2.39. The zero-order chi connectivity index (χ0) is 19.6. The number of amides is 1. The fourth-order valence-corrected chi connectivity index (χ4v) is 4.24. The first kappa shape index (κ1) is 19.8. The molecule has 2 aromatic carbocycles. The molecular formula is C18H18Cl2N2O4S. The highest BCUT2D eigenvalue weighted by molar-refractivity contribution is 7.92. The molecule has 0 bridgehead atoms. The third-order valence-electron chi connectivity index (χ3n) is 4.16. The third kappa shape index (κ3) is 4.66. The third-order valence-corrected chi connectivity index (χ3v) is 5.93. The van der Waals surface area contributed by atoms with Crippen LogP contribution in [0.25, 0.3) is 0 Å². The van der Waals surface area contributed by atoms with Crippen LogP contribution < -0.4 is 14.4 Å². The first-order valence-corrected chi connectivity index (χ1v) is 10.8. The Morgan fingerprint density at radius 1 is 1.26 bits per heavy atom. The highest BCUT2D eigenvalue weighted by Gasteiger charge is 2.30. The van der Waals surface area contributed by atoms with E-state index in [2.05, 4.69) is 5.32 Å². The highest BCUT2D eigenvalue weighted by atomic mass is 35.5. The zero-order valence-electron chi connectivity index (χ0n) is 14.5. The molecule has 27 heavy (non-hydrogen) atoms. The predicted molar refractivity (Wildman–Crippen MR) is 106 cm³/mol. The maximum absolute atomic E-state index is 12.6. The minimum atomic E-state index is -3.49. The molecule has 0 aliphatic carbocycles. The Kier molecular flexibility index (Phi) is 5.83. The topological polar surface area (TPSA) is 75.7 Å². The van der Waals surface area contributed by atoms with Crippen LogP contribution in [0, 0.1) is 0 Å². The van der Waals surface area contributed by atoms with Gasteiger partial charge < -0.3 is 10.1 Å². The lowest BCUT2D eigenvalue weighted by molar-refractivity contribution is -0.128. The number of hydrogen-bond acceptors (Lipinski definition) is 4. The van der Waals surface area contributed by atoms with E-state index in [-0.39, 0.29) is 25.4 Å². The van der Waals surface area contributed by atoms with E-state index in [1.54, 1.807) is 42.5 Å². The Hall–Kier alpha value is -1.96. The molecule has 0 fully saturated rings. The maximum atomic E-state index is 12.6. The van der Waals surface area contributed by atoms with Gasteiger partial charge >= 0.3 is 0 Å². The van der Waals surface area contributed by atoms with E-state index in [4.69, 9.17) is 27.9 Å². The van der Waals surface area contributed by atoms with Gasteiger partial charge in [-0.05, 0) is 29.8 Å². The highest BCUT2D eigenvalue weighted by Crippen LogP contribution is 2.33. The summed E-state index contributed by atoms with van der Waals surface area (Å²) in [6.07, 6.45) is 0.540. The fraction of sp³-hybridized carbons (Fsp3) is 0.278. The van der Waals surface area contributed by atoms with Crippen LogP contribution in [0.5, 0.6) is 5.75 Å². The number of sulfonamides is 1. The number of carbonyl (C=O) groups is 1. The van der Waals surface area contributed by atoms with Crippen LogP contribution in [0.2, 0.25) is 10.0 Å². The van der Waals surface area contributed by atoms with Crippen LogP contribution in [0.3, 0.4) is 0 Å². The largest absolute Gasteiger partial charge is 0.478 e. The maximum Gasteiger partial charge on any atom is 0.261 e. The Balaban J connectivity index is 1.75. The van der Waals surface area contributed by atoms with Crippen molar-refractivity contribution in [3.63, 3.8) is 0 Å². The average Bonchev–Trinajstić information content (AvgIpc) is 2.80. The van der Waals surface area contributed by atoms with E-state index >= 15 is 0 Å². The second kappa shape index (κ2) is 7.96. The lowest BCUT2D eigenvalue weighted by atomic mass is 10.2. The second-order valence-corrected chi connectivity index (χ2v) is 8.90. The molecule has 0 radical (unpaired) electrons. The van der Waals surface area contributed by atoms with Crippen molar-refractivity contribution in [2.24, 2.45) is 0 Å². The Bertz CT molecular complexity index is 966. The van der Waals surface area contributed by atoms with Gasteiger partial charge in [-0.1, -0.05) is 41.4 Å². The number of halogens is 2. The first-order chi connectivity index (χ1) is 12.8. The van der Waals surface area contributed by atoms with E-state index < -0.39 is 16.1 Å². The van der Waals surface area contributed by atoms with Crippen LogP contribution in [-0.4, -0.2) is 33.2 Å². The smallest absolute Gasteiger partial charge is 0.261 e. The summed E-state index contributed by atoms with van der Waals surface area (Å²) < 4.78 is 31.3. The molecule has 3 rings (SSSR count). The van der Waals surface area contributed by atoms with Gasteiger partial charge in [0.05, 0.1) is 11.9 Å². The van der Waals surface area contributed by atoms with Crippen LogP contribution in [0.1, 0.15) is 12.0 Å². The Morgan fingerprint density at radius 2 is 2.00 bits per heavy atom. The van der Waals surface area contributed by atoms with Crippen molar-refractivity contribution in [2.45, 2.75) is 19.1 Å². The summed E-state index contributed by atoms with van der Waals surface area (Å²) in [4.78, 5) is 12.6. The quantitative estimate of drug-likeness (QED) is 0.810. The van der Waals surface area contributed by atoms with E-state index in [0.29, 0.717) is 21.5 Å². The van der Waals surface area contributed by atoms with E-state index in [1.807, 2.05) is 0 Å². The number of anilines is 1. The van der Waals surface area contributed by atoms with Gasteiger partial charge in [-0.2, -0.15) is 0 Å². The molecule has 0 spiro atoms. The van der Waals surface area contributed by atoms with E-state index in [1.165, 1.54) is 4.31 Å². The van der Waals surface area contributed by atoms with Gasteiger partial charge in [0.1, 0.15) is 5.75 Å². The Morgan fingerprint density at radius 3 is 2.70 bits per heavy atom. The Labute approximate surface area is 168 Å². The number of nitrogens with one attached hydrogen (secondary N) is 1. The van der Waals surface area contributed by atoms with Gasteiger partial charge in [0.15, 0.2) is 6.10 Å². The minimum absolute atomic E-state index is 0.148. The lowest BCUT2D eigenvalue weighted by Gasteiger charge is -2.20. The van der Waals surface area contributed by atoms with Crippen LogP contribution in [0.15, 0.2) is 42.5 Å². The minimum Gasteiger partial charge on any atom is -0.478 e. The van der Waals surface area contributed by atoms with Gasteiger partial charge in [0.25, 0.3) is 5.91 Å². The van der Waals surface area contributed by atoms with Gasteiger partial charge in [0, 0.05) is 29.6 Å². The number of para-hydroxylation sites is 2. The van der Waals surface area contributed by atoms with Crippen molar-refractivity contribution in [3.8, 4) is 5.75 Å². The number of fused-ring (bicyclic) bond motifs is 1. The summed E-state index contributed by atoms with van der Waals surface area (Å²) >= 11 is 12.0. The number of nitrogens with zero attached hydrogens (tertiary/aromatic N) is 1. The molecule has 0 aromatic heterocycles. The molecule has 1 heterocycles. The molecule has 1 unspecified atom stereocenters. The molecule has 0 saturated heterocycles.